The fraction of sp³-hybridized carbons (Fsp3) is 0.174. The van der Waals surface area contributed by atoms with Crippen LogP contribution in [0.15, 0.2) is 178 Å². The summed E-state index contributed by atoms with van der Waals surface area (Å²) in [6.45, 7) is 0. The second-order valence-corrected chi connectivity index (χ2v) is 15.3. The zero-order valence-electron chi connectivity index (χ0n) is 27.3. The highest BCUT2D eigenvalue weighted by Gasteiger charge is 2.46. The number of hydrogen-bond donors (Lipinski definition) is 0. The Morgan fingerprint density at radius 1 is 0.714 bits per heavy atom. The van der Waals surface area contributed by atoms with Crippen molar-refractivity contribution < 1.29 is 0 Å². The summed E-state index contributed by atoms with van der Waals surface area (Å²) >= 11 is 2.09. The SMILES string of the molecule is C1=CCC2C(=C1)C1=C(C=CC3C4=C(C=CC13)C1CCCC=C1S4)N2c1ccc(-c2ccc3c(c2)c2ccccc2n3-c2ccccc2)cc1. The van der Waals surface area contributed by atoms with Gasteiger partial charge < -0.3 is 9.47 Å². The third-order valence-electron chi connectivity index (χ3n) is 11.7. The third kappa shape index (κ3) is 4.09. The Kier molecular flexibility index (Phi) is 6.13. The maximum absolute atomic E-state index is 2.62. The number of aromatic nitrogens is 1. The largest absolute Gasteiger partial charge is 0.333 e. The van der Waals surface area contributed by atoms with Gasteiger partial charge in [-0.25, -0.2) is 0 Å². The van der Waals surface area contributed by atoms with Crippen molar-refractivity contribution in [2.45, 2.75) is 31.7 Å². The highest BCUT2D eigenvalue weighted by molar-refractivity contribution is 8.07. The standard InChI is InChI=1S/C46H36N2S/c1-2-10-31(11-3-1)47-40-15-7-4-12-33(40)39-28-30(20-26-42(39)47)29-18-21-32(22-19-29)48-41-16-8-5-14-38(41)45-35-23-24-36-34-13-6-9-17-44(34)49-46(36)37(35)25-27-43(45)48/h1-5,7-8,10-12,14-15,17-28,34-35,37,41H,6,9,13,16H2. The molecule has 4 aliphatic carbocycles. The first-order chi connectivity index (χ1) is 24.3. The predicted octanol–water partition coefficient (Wildman–Crippen LogP) is 11.8. The summed E-state index contributed by atoms with van der Waals surface area (Å²) in [4.78, 5) is 5.85. The van der Waals surface area contributed by atoms with Crippen molar-refractivity contribution in [2.75, 3.05) is 4.90 Å². The molecule has 0 saturated carbocycles. The van der Waals surface area contributed by atoms with Gasteiger partial charge in [-0.3, -0.25) is 0 Å². The minimum atomic E-state index is 0.343. The van der Waals surface area contributed by atoms with Crippen molar-refractivity contribution in [3.63, 3.8) is 0 Å². The summed E-state index contributed by atoms with van der Waals surface area (Å²) in [6, 6.07) is 36.1. The van der Waals surface area contributed by atoms with E-state index in [9.17, 15) is 0 Å². The van der Waals surface area contributed by atoms with E-state index in [1.54, 1.807) is 21.0 Å². The van der Waals surface area contributed by atoms with Crippen LogP contribution in [0.2, 0.25) is 0 Å². The smallest absolute Gasteiger partial charge is 0.0629 e. The van der Waals surface area contributed by atoms with Crippen LogP contribution in [0.4, 0.5) is 5.69 Å². The summed E-state index contributed by atoms with van der Waals surface area (Å²) in [5.41, 5.74) is 13.5. The summed E-state index contributed by atoms with van der Waals surface area (Å²) in [5.74, 6) is 1.50. The second kappa shape index (κ2) is 10.8. The molecule has 3 heterocycles. The zero-order chi connectivity index (χ0) is 32.1. The van der Waals surface area contributed by atoms with E-state index in [0.29, 0.717) is 23.8 Å². The molecule has 0 amide bonds. The molecule has 2 nitrogen and oxygen atoms in total. The van der Waals surface area contributed by atoms with E-state index in [4.69, 9.17) is 0 Å². The number of fused-ring (bicyclic) bond motifs is 10. The van der Waals surface area contributed by atoms with E-state index in [1.807, 2.05) is 0 Å². The van der Waals surface area contributed by atoms with Crippen LogP contribution in [-0.4, -0.2) is 10.6 Å². The average Bonchev–Trinajstić information content (AvgIpc) is 3.83. The minimum absolute atomic E-state index is 0.343. The van der Waals surface area contributed by atoms with Gasteiger partial charge in [-0.2, -0.15) is 0 Å². The summed E-state index contributed by atoms with van der Waals surface area (Å²) in [7, 11) is 0. The van der Waals surface area contributed by atoms with Crippen molar-refractivity contribution in [1.82, 2.24) is 4.57 Å². The number of anilines is 1. The molecule has 5 aromatic rings. The van der Waals surface area contributed by atoms with Crippen molar-refractivity contribution >= 4 is 39.3 Å². The summed E-state index contributed by atoms with van der Waals surface area (Å²) in [6.07, 6.45) is 24.5. The molecule has 0 spiro atoms. The number of thioether (sulfide) groups is 1. The molecule has 0 saturated heterocycles. The molecule has 236 valence electrons. The van der Waals surface area contributed by atoms with Crippen LogP contribution in [0.1, 0.15) is 25.7 Å². The Balaban J connectivity index is 0.956. The van der Waals surface area contributed by atoms with Crippen molar-refractivity contribution in [3.8, 4) is 16.8 Å². The molecule has 0 radical (unpaired) electrons. The zero-order valence-corrected chi connectivity index (χ0v) is 28.1. The van der Waals surface area contributed by atoms with Gasteiger partial charge in [-0.15, -0.1) is 0 Å². The van der Waals surface area contributed by atoms with Crippen molar-refractivity contribution in [2.24, 2.45) is 17.8 Å². The lowest BCUT2D eigenvalue weighted by Crippen LogP contribution is -2.30. The lowest BCUT2D eigenvalue weighted by molar-refractivity contribution is 0.576. The molecule has 4 aromatic carbocycles. The molecule has 11 rings (SSSR count). The Hall–Kier alpha value is -4.99. The van der Waals surface area contributed by atoms with Crippen LogP contribution in [0.25, 0.3) is 38.6 Å². The number of para-hydroxylation sites is 2. The highest BCUT2D eigenvalue weighted by atomic mass is 32.2. The first-order valence-corrected chi connectivity index (χ1v) is 18.7. The fourth-order valence-corrected chi connectivity index (χ4v) is 11.0. The van der Waals surface area contributed by atoms with E-state index in [0.717, 1.165) is 6.42 Å². The maximum atomic E-state index is 2.62. The maximum Gasteiger partial charge on any atom is 0.0629 e. The molecule has 4 unspecified atom stereocenters. The Morgan fingerprint density at radius 2 is 1.53 bits per heavy atom. The van der Waals surface area contributed by atoms with Gasteiger partial charge in [0.25, 0.3) is 0 Å². The molecule has 0 bridgehead atoms. The fourth-order valence-electron chi connectivity index (χ4n) is 9.51. The minimum Gasteiger partial charge on any atom is -0.333 e. The van der Waals surface area contributed by atoms with Gasteiger partial charge in [0.1, 0.15) is 0 Å². The summed E-state index contributed by atoms with van der Waals surface area (Å²) < 4.78 is 2.39. The lowest BCUT2D eigenvalue weighted by atomic mass is 9.72. The van der Waals surface area contributed by atoms with E-state index < -0.39 is 0 Å². The summed E-state index contributed by atoms with van der Waals surface area (Å²) in [5, 5.41) is 2.57. The molecule has 4 atom stereocenters. The third-order valence-corrected chi connectivity index (χ3v) is 13.1. The molecule has 1 aromatic heterocycles. The Bertz CT molecular complexity index is 2430. The van der Waals surface area contributed by atoms with Gasteiger partial charge in [-0.1, -0.05) is 109 Å². The normalized spacial score (nSPS) is 24.9. The molecule has 49 heavy (non-hydrogen) atoms. The van der Waals surface area contributed by atoms with Crippen LogP contribution in [0.5, 0.6) is 0 Å². The highest BCUT2D eigenvalue weighted by Crippen LogP contribution is 2.59. The first-order valence-electron chi connectivity index (χ1n) is 17.9. The van der Waals surface area contributed by atoms with E-state index in [2.05, 4.69) is 167 Å². The predicted molar refractivity (Wildman–Crippen MR) is 207 cm³/mol. The van der Waals surface area contributed by atoms with Crippen LogP contribution < -0.4 is 4.90 Å². The van der Waals surface area contributed by atoms with Crippen LogP contribution in [-0.2, 0) is 0 Å². The number of benzene rings is 4. The molecule has 2 aliphatic heterocycles. The molecule has 0 N–H and O–H groups in total. The van der Waals surface area contributed by atoms with E-state index >= 15 is 0 Å². The van der Waals surface area contributed by atoms with Crippen molar-refractivity contribution in [3.05, 3.63) is 178 Å². The second-order valence-electron chi connectivity index (χ2n) is 14.2. The van der Waals surface area contributed by atoms with Gasteiger partial charge in [0.2, 0.25) is 0 Å². The van der Waals surface area contributed by atoms with E-state index in [-0.39, 0.29) is 0 Å². The number of allylic oxidation sites excluding steroid dienone is 10. The quantitative estimate of drug-likeness (QED) is 0.192. The molecular weight excluding hydrogens is 613 g/mol. The Morgan fingerprint density at radius 3 is 2.45 bits per heavy atom. The van der Waals surface area contributed by atoms with Crippen molar-refractivity contribution in [1.29, 1.82) is 0 Å². The van der Waals surface area contributed by atoms with Crippen LogP contribution in [0.3, 0.4) is 0 Å². The number of hydrogen-bond acceptors (Lipinski definition) is 2. The molecule has 3 heteroatoms. The van der Waals surface area contributed by atoms with Crippen LogP contribution >= 0.6 is 11.8 Å². The first kappa shape index (κ1) is 27.9. The van der Waals surface area contributed by atoms with Gasteiger partial charge in [0.05, 0.1) is 17.1 Å². The molecule has 6 aliphatic rings. The molecular formula is C46H36N2S. The van der Waals surface area contributed by atoms with Gasteiger partial charge in [0.15, 0.2) is 0 Å². The lowest BCUT2D eigenvalue weighted by Gasteiger charge is -2.33. The Labute approximate surface area is 291 Å². The topological polar surface area (TPSA) is 8.17 Å². The van der Waals surface area contributed by atoms with Gasteiger partial charge in [-0.05, 0) is 107 Å². The average molecular weight is 649 g/mol. The van der Waals surface area contributed by atoms with Crippen LogP contribution in [0, 0.1) is 17.8 Å². The number of rotatable bonds is 3. The monoisotopic (exact) mass is 648 g/mol. The van der Waals surface area contributed by atoms with E-state index in [1.165, 1.54) is 74.8 Å². The van der Waals surface area contributed by atoms with Gasteiger partial charge in [0, 0.05) is 50.5 Å². The van der Waals surface area contributed by atoms with Gasteiger partial charge >= 0.3 is 0 Å². The molecule has 0 fully saturated rings. The number of nitrogens with zero attached hydrogens (tertiary/aromatic N) is 2.